The second kappa shape index (κ2) is 7.61. The Morgan fingerprint density at radius 3 is 2.65 bits per heavy atom. The summed E-state index contributed by atoms with van der Waals surface area (Å²) in [5.41, 5.74) is 0.0665. The normalized spacial score (nSPS) is 24.0. The second-order valence-corrected chi connectivity index (χ2v) is 6.20. The van der Waals surface area contributed by atoms with Crippen molar-refractivity contribution in [2.24, 2.45) is 0 Å². The van der Waals surface area contributed by atoms with E-state index >= 15 is 0 Å². The number of alkyl halides is 3. The van der Waals surface area contributed by atoms with Crippen LogP contribution >= 0.6 is 0 Å². The molecule has 1 aliphatic rings. The maximum absolute atomic E-state index is 12.0. The maximum atomic E-state index is 12.0. The molecule has 0 aromatic heterocycles. The average Bonchev–Trinajstić information content (AvgIpc) is 2.30. The molecule has 1 saturated heterocycles. The van der Waals surface area contributed by atoms with E-state index in [-0.39, 0.29) is 12.1 Å². The average molecular weight is 296 g/mol. The van der Waals surface area contributed by atoms with Crippen LogP contribution in [0.5, 0.6) is 0 Å². The molecule has 1 rings (SSSR count). The van der Waals surface area contributed by atoms with Gasteiger partial charge in [0.05, 0.1) is 0 Å². The zero-order chi connectivity index (χ0) is 15.2. The molecule has 0 bridgehead atoms. The Kier molecular flexibility index (Phi) is 6.75. The van der Waals surface area contributed by atoms with Crippen LogP contribution in [-0.4, -0.2) is 55.5 Å². The van der Waals surface area contributed by atoms with Gasteiger partial charge in [0, 0.05) is 37.8 Å². The highest BCUT2D eigenvalue weighted by atomic mass is 19.4. The third-order valence-electron chi connectivity index (χ3n) is 3.55. The Labute approximate surface area is 119 Å². The summed E-state index contributed by atoms with van der Waals surface area (Å²) in [7, 11) is 0. The van der Waals surface area contributed by atoms with Crippen LogP contribution < -0.4 is 5.32 Å². The Bertz CT molecular complexity index is 282. The predicted molar refractivity (Wildman–Crippen MR) is 73.8 cm³/mol. The second-order valence-electron chi connectivity index (χ2n) is 6.20. The molecular weight excluding hydrogens is 269 g/mol. The van der Waals surface area contributed by atoms with Gasteiger partial charge >= 0.3 is 6.18 Å². The van der Waals surface area contributed by atoms with Crippen LogP contribution in [0, 0.1) is 0 Å². The predicted octanol–water partition coefficient (Wildman–Crippen LogP) is 2.81. The summed E-state index contributed by atoms with van der Waals surface area (Å²) in [6, 6.07) is 0.482. The fourth-order valence-electron chi connectivity index (χ4n) is 2.65. The minimum absolute atomic E-state index is 0.0665. The fraction of sp³-hybridized carbons (Fsp3) is 1.00. The highest BCUT2D eigenvalue weighted by molar-refractivity contribution is 4.91. The topological polar surface area (TPSA) is 24.5 Å². The van der Waals surface area contributed by atoms with E-state index in [9.17, 15) is 13.2 Å². The number of ether oxygens (including phenoxy) is 1. The molecule has 1 unspecified atom stereocenters. The summed E-state index contributed by atoms with van der Waals surface area (Å²) in [6.07, 6.45) is -1.34. The molecule has 0 spiro atoms. The lowest BCUT2D eigenvalue weighted by molar-refractivity contribution is -0.174. The summed E-state index contributed by atoms with van der Waals surface area (Å²) in [6.45, 7) is 8.17. The molecule has 20 heavy (non-hydrogen) atoms. The lowest BCUT2D eigenvalue weighted by Gasteiger charge is -2.44. The van der Waals surface area contributed by atoms with Crippen molar-refractivity contribution in [2.75, 3.05) is 32.8 Å². The van der Waals surface area contributed by atoms with Crippen molar-refractivity contribution in [3.8, 4) is 0 Å². The van der Waals surface area contributed by atoms with Crippen molar-refractivity contribution >= 4 is 0 Å². The number of hydrogen-bond donors (Lipinski definition) is 1. The zero-order valence-electron chi connectivity index (χ0n) is 12.7. The van der Waals surface area contributed by atoms with Gasteiger partial charge in [0.2, 0.25) is 0 Å². The summed E-state index contributed by atoms with van der Waals surface area (Å²) >= 11 is 0. The largest absolute Gasteiger partial charge is 0.411 e. The smallest absolute Gasteiger partial charge is 0.372 e. The summed E-state index contributed by atoms with van der Waals surface area (Å²) in [4.78, 5) is 2.39. The summed E-state index contributed by atoms with van der Waals surface area (Å²) < 4.78 is 40.5. The van der Waals surface area contributed by atoms with Crippen molar-refractivity contribution in [3.05, 3.63) is 0 Å². The van der Waals surface area contributed by atoms with Crippen LogP contribution in [0.15, 0.2) is 0 Å². The van der Waals surface area contributed by atoms with E-state index < -0.39 is 12.8 Å². The van der Waals surface area contributed by atoms with Gasteiger partial charge in [-0.15, -0.1) is 0 Å². The Hall–Kier alpha value is -0.330. The highest BCUT2D eigenvalue weighted by Gasteiger charge is 2.31. The summed E-state index contributed by atoms with van der Waals surface area (Å²) in [5, 5.41) is 3.52. The molecule has 0 radical (unpaired) electrons. The lowest BCUT2D eigenvalue weighted by atomic mass is 9.96. The van der Waals surface area contributed by atoms with Gasteiger partial charge in [-0.25, -0.2) is 0 Å². The molecular formula is C14H27F3N2O. The first-order valence-corrected chi connectivity index (χ1v) is 7.37. The Morgan fingerprint density at radius 2 is 2.05 bits per heavy atom. The third-order valence-corrected chi connectivity index (χ3v) is 3.55. The van der Waals surface area contributed by atoms with Gasteiger partial charge in [-0.1, -0.05) is 13.3 Å². The quantitative estimate of drug-likeness (QED) is 0.731. The lowest BCUT2D eigenvalue weighted by Crippen LogP contribution is -2.61. The van der Waals surface area contributed by atoms with E-state index in [2.05, 4.69) is 35.7 Å². The van der Waals surface area contributed by atoms with Crippen molar-refractivity contribution in [1.29, 1.82) is 0 Å². The molecule has 0 amide bonds. The van der Waals surface area contributed by atoms with E-state index in [4.69, 9.17) is 0 Å². The molecule has 0 aromatic rings. The number of rotatable bonds is 7. The van der Waals surface area contributed by atoms with Gasteiger partial charge in [-0.3, -0.25) is 4.90 Å². The van der Waals surface area contributed by atoms with E-state index in [1.807, 2.05) is 0 Å². The first kappa shape index (κ1) is 17.7. The molecule has 1 heterocycles. The Balaban J connectivity index is 2.30. The first-order chi connectivity index (χ1) is 9.23. The molecule has 0 aliphatic carbocycles. The number of nitrogens with one attached hydrogen (secondary N) is 1. The van der Waals surface area contributed by atoms with Gasteiger partial charge < -0.3 is 10.1 Å². The number of halogens is 3. The van der Waals surface area contributed by atoms with Crippen molar-refractivity contribution < 1.29 is 17.9 Å². The SMILES string of the molecule is CCCC1CNC(C)(C)CN1CCCOCC(F)(F)F. The molecule has 1 atom stereocenters. The van der Waals surface area contributed by atoms with Gasteiger partial charge in [-0.05, 0) is 26.7 Å². The molecule has 3 nitrogen and oxygen atoms in total. The zero-order valence-corrected chi connectivity index (χ0v) is 12.7. The molecule has 6 heteroatoms. The van der Waals surface area contributed by atoms with Crippen molar-refractivity contribution in [2.45, 2.75) is 57.8 Å². The number of piperazine rings is 1. The Morgan fingerprint density at radius 1 is 1.35 bits per heavy atom. The minimum Gasteiger partial charge on any atom is -0.372 e. The van der Waals surface area contributed by atoms with E-state index in [1.165, 1.54) is 0 Å². The maximum Gasteiger partial charge on any atom is 0.411 e. The van der Waals surface area contributed by atoms with Crippen LogP contribution in [-0.2, 0) is 4.74 Å². The molecule has 1 fully saturated rings. The fourth-order valence-corrected chi connectivity index (χ4v) is 2.65. The first-order valence-electron chi connectivity index (χ1n) is 7.37. The molecule has 1 aliphatic heterocycles. The van der Waals surface area contributed by atoms with Gasteiger partial charge in [0.15, 0.2) is 0 Å². The standard InChI is InChI=1S/C14H27F3N2O/c1-4-6-12-9-18-13(2,3)10-19(12)7-5-8-20-11-14(15,16)17/h12,18H,4-11H2,1-3H3. The third kappa shape index (κ3) is 6.90. The minimum atomic E-state index is -4.22. The van der Waals surface area contributed by atoms with Crippen LogP contribution in [0.1, 0.15) is 40.0 Å². The van der Waals surface area contributed by atoms with E-state index in [0.717, 1.165) is 32.5 Å². The van der Waals surface area contributed by atoms with Gasteiger partial charge in [-0.2, -0.15) is 13.2 Å². The summed E-state index contributed by atoms with van der Waals surface area (Å²) in [5.74, 6) is 0. The number of hydrogen-bond acceptors (Lipinski definition) is 3. The molecule has 1 N–H and O–H groups in total. The van der Waals surface area contributed by atoms with E-state index in [0.29, 0.717) is 12.5 Å². The molecule has 120 valence electrons. The molecule has 0 saturated carbocycles. The van der Waals surface area contributed by atoms with Crippen LogP contribution in [0.2, 0.25) is 0 Å². The van der Waals surface area contributed by atoms with Gasteiger partial charge in [0.1, 0.15) is 6.61 Å². The van der Waals surface area contributed by atoms with E-state index in [1.54, 1.807) is 0 Å². The van der Waals surface area contributed by atoms with Gasteiger partial charge in [0.25, 0.3) is 0 Å². The molecule has 0 aromatic carbocycles. The highest BCUT2D eigenvalue weighted by Crippen LogP contribution is 2.19. The van der Waals surface area contributed by atoms with Crippen LogP contribution in [0.4, 0.5) is 13.2 Å². The van der Waals surface area contributed by atoms with Crippen LogP contribution in [0.3, 0.4) is 0 Å². The van der Waals surface area contributed by atoms with Crippen LogP contribution in [0.25, 0.3) is 0 Å². The van der Waals surface area contributed by atoms with Crippen molar-refractivity contribution in [3.63, 3.8) is 0 Å². The number of nitrogens with zero attached hydrogens (tertiary/aromatic N) is 1. The van der Waals surface area contributed by atoms with Crippen molar-refractivity contribution in [1.82, 2.24) is 10.2 Å². The monoisotopic (exact) mass is 296 g/mol.